The molecule has 5 nitrogen and oxygen atoms in total. The highest BCUT2D eigenvalue weighted by molar-refractivity contribution is 5.95. The number of aromatic nitrogens is 1. The molecule has 0 unspecified atom stereocenters. The standard InChI is InChI=1S/C16H22N2O3/c1-16(2)7-4-12(5-8-16)18(3)14(19)13-10-11(15(20)21)6-9-17-13/h6,9-10,12H,4-5,7-8H2,1-3H3,(H,20,21). The van der Waals surface area contributed by atoms with Crippen molar-refractivity contribution < 1.29 is 14.7 Å². The predicted molar refractivity (Wildman–Crippen MR) is 79.3 cm³/mol. The van der Waals surface area contributed by atoms with E-state index in [1.807, 2.05) is 0 Å². The maximum atomic E-state index is 12.5. The molecule has 1 aliphatic rings. The van der Waals surface area contributed by atoms with Crippen molar-refractivity contribution in [1.82, 2.24) is 9.88 Å². The first-order valence-corrected chi connectivity index (χ1v) is 7.27. The molecule has 0 bridgehead atoms. The second-order valence-corrected chi connectivity index (χ2v) is 6.55. The Morgan fingerprint density at radius 3 is 2.52 bits per heavy atom. The molecule has 1 aliphatic carbocycles. The van der Waals surface area contributed by atoms with E-state index < -0.39 is 5.97 Å². The predicted octanol–water partition coefficient (Wildman–Crippen LogP) is 2.82. The molecule has 5 heteroatoms. The molecule has 0 saturated heterocycles. The zero-order valence-corrected chi connectivity index (χ0v) is 12.8. The normalized spacial score (nSPS) is 18.2. The summed E-state index contributed by atoms with van der Waals surface area (Å²) in [5.41, 5.74) is 0.635. The van der Waals surface area contributed by atoms with E-state index in [2.05, 4.69) is 18.8 Å². The highest BCUT2D eigenvalue weighted by atomic mass is 16.4. The van der Waals surface area contributed by atoms with Crippen LogP contribution in [-0.2, 0) is 0 Å². The summed E-state index contributed by atoms with van der Waals surface area (Å²) in [6, 6.07) is 2.94. The van der Waals surface area contributed by atoms with Crippen LogP contribution in [0.5, 0.6) is 0 Å². The minimum absolute atomic E-state index is 0.0894. The van der Waals surface area contributed by atoms with Crippen LogP contribution in [0.3, 0.4) is 0 Å². The van der Waals surface area contributed by atoms with Crippen molar-refractivity contribution in [1.29, 1.82) is 0 Å². The number of rotatable bonds is 3. The molecule has 0 spiro atoms. The fraction of sp³-hybridized carbons (Fsp3) is 0.562. The summed E-state index contributed by atoms with van der Waals surface area (Å²) in [7, 11) is 1.78. The summed E-state index contributed by atoms with van der Waals surface area (Å²) in [6.45, 7) is 4.51. The lowest BCUT2D eigenvalue weighted by atomic mass is 9.75. The van der Waals surface area contributed by atoms with Crippen molar-refractivity contribution in [2.75, 3.05) is 7.05 Å². The van der Waals surface area contributed by atoms with Crippen LogP contribution in [0, 0.1) is 5.41 Å². The lowest BCUT2D eigenvalue weighted by Gasteiger charge is -2.38. The number of carboxylic acids is 1. The Balaban J connectivity index is 2.09. The van der Waals surface area contributed by atoms with Crippen molar-refractivity contribution in [3.8, 4) is 0 Å². The third-order valence-electron chi connectivity index (χ3n) is 4.40. The van der Waals surface area contributed by atoms with E-state index >= 15 is 0 Å². The molecule has 1 N–H and O–H groups in total. The number of carbonyl (C=O) groups is 2. The molecule has 1 fully saturated rings. The van der Waals surface area contributed by atoms with E-state index in [1.165, 1.54) is 18.3 Å². The van der Waals surface area contributed by atoms with E-state index in [-0.39, 0.29) is 23.2 Å². The van der Waals surface area contributed by atoms with E-state index in [1.54, 1.807) is 11.9 Å². The molecule has 1 aromatic heterocycles. The fourth-order valence-corrected chi connectivity index (χ4v) is 2.80. The number of amides is 1. The monoisotopic (exact) mass is 290 g/mol. The quantitative estimate of drug-likeness (QED) is 0.929. The largest absolute Gasteiger partial charge is 0.478 e. The summed E-state index contributed by atoms with van der Waals surface area (Å²) in [6.07, 6.45) is 5.52. The third kappa shape index (κ3) is 3.60. The van der Waals surface area contributed by atoms with Gasteiger partial charge in [-0.1, -0.05) is 13.8 Å². The zero-order valence-electron chi connectivity index (χ0n) is 12.8. The molecule has 0 aliphatic heterocycles. The minimum atomic E-state index is -1.05. The van der Waals surface area contributed by atoms with E-state index in [0.717, 1.165) is 25.7 Å². The number of pyridine rings is 1. The first-order valence-electron chi connectivity index (χ1n) is 7.27. The fourth-order valence-electron chi connectivity index (χ4n) is 2.80. The van der Waals surface area contributed by atoms with Gasteiger partial charge in [0.2, 0.25) is 0 Å². The van der Waals surface area contributed by atoms with Gasteiger partial charge in [-0.05, 0) is 43.2 Å². The van der Waals surface area contributed by atoms with Crippen LogP contribution in [-0.4, -0.2) is 40.0 Å². The van der Waals surface area contributed by atoms with Gasteiger partial charge in [0.15, 0.2) is 0 Å². The molecule has 1 aromatic rings. The molecule has 1 saturated carbocycles. The second kappa shape index (κ2) is 5.84. The number of hydrogen-bond acceptors (Lipinski definition) is 3. The lowest BCUT2D eigenvalue weighted by molar-refractivity contribution is 0.0629. The Morgan fingerprint density at radius 2 is 1.95 bits per heavy atom. The molecule has 1 heterocycles. The molecular formula is C16H22N2O3. The van der Waals surface area contributed by atoms with Gasteiger partial charge < -0.3 is 10.0 Å². The van der Waals surface area contributed by atoms with Gasteiger partial charge in [-0.3, -0.25) is 9.78 Å². The smallest absolute Gasteiger partial charge is 0.335 e. The van der Waals surface area contributed by atoms with Gasteiger partial charge in [-0.25, -0.2) is 4.79 Å². The Hall–Kier alpha value is -1.91. The lowest BCUT2D eigenvalue weighted by Crippen LogP contribution is -2.41. The van der Waals surface area contributed by atoms with Crippen LogP contribution >= 0.6 is 0 Å². The van der Waals surface area contributed by atoms with Crippen molar-refractivity contribution >= 4 is 11.9 Å². The summed E-state index contributed by atoms with van der Waals surface area (Å²) in [5.74, 6) is -1.25. The van der Waals surface area contributed by atoms with Gasteiger partial charge in [-0.15, -0.1) is 0 Å². The van der Waals surface area contributed by atoms with E-state index in [4.69, 9.17) is 5.11 Å². The van der Waals surface area contributed by atoms with Gasteiger partial charge in [0, 0.05) is 19.3 Å². The maximum absolute atomic E-state index is 12.5. The third-order valence-corrected chi connectivity index (χ3v) is 4.40. The van der Waals surface area contributed by atoms with Crippen molar-refractivity contribution in [3.05, 3.63) is 29.6 Å². The molecule has 0 aromatic carbocycles. The first-order chi connectivity index (χ1) is 9.80. The summed E-state index contributed by atoms with van der Waals surface area (Å²) < 4.78 is 0. The van der Waals surface area contributed by atoms with E-state index in [9.17, 15) is 9.59 Å². The summed E-state index contributed by atoms with van der Waals surface area (Å²) >= 11 is 0. The average molecular weight is 290 g/mol. The van der Waals surface area contributed by atoms with Crippen molar-refractivity contribution in [3.63, 3.8) is 0 Å². The Kier molecular flexibility index (Phi) is 4.30. The highest BCUT2D eigenvalue weighted by Crippen LogP contribution is 2.36. The van der Waals surface area contributed by atoms with Gasteiger partial charge >= 0.3 is 5.97 Å². The van der Waals surface area contributed by atoms with Crippen LogP contribution in [0.2, 0.25) is 0 Å². The Morgan fingerprint density at radius 1 is 1.33 bits per heavy atom. The molecule has 114 valence electrons. The van der Waals surface area contributed by atoms with Crippen molar-refractivity contribution in [2.45, 2.75) is 45.6 Å². The van der Waals surface area contributed by atoms with E-state index in [0.29, 0.717) is 5.41 Å². The number of carboxylic acid groups (broad SMARTS) is 1. The van der Waals surface area contributed by atoms with Gasteiger partial charge in [0.05, 0.1) is 5.56 Å². The minimum Gasteiger partial charge on any atom is -0.478 e. The second-order valence-electron chi connectivity index (χ2n) is 6.55. The molecule has 0 radical (unpaired) electrons. The van der Waals surface area contributed by atoms with Gasteiger partial charge in [0.1, 0.15) is 5.69 Å². The molecule has 0 atom stereocenters. The maximum Gasteiger partial charge on any atom is 0.335 e. The van der Waals surface area contributed by atoms with Crippen LogP contribution in [0.15, 0.2) is 18.3 Å². The first kappa shape index (κ1) is 15.5. The van der Waals surface area contributed by atoms with Gasteiger partial charge in [0.25, 0.3) is 5.91 Å². The van der Waals surface area contributed by atoms with Crippen molar-refractivity contribution in [2.24, 2.45) is 5.41 Å². The van der Waals surface area contributed by atoms with Crippen LogP contribution < -0.4 is 0 Å². The average Bonchev–Trinajstić information content (AvgIpc) is 2.46. The topological polar surface area (TPSA) is 70.5 Å². The molecule has 21 heavy (non-hydrogen) atoms. The highest BCUT2D eigenvalue weighted by Gasteiger charge is 2.31. The van der Waals surface area contributed by atoms with Crippen LogP contribution in [0.4, 0.5) is 0 Å². The zero-order chi connectivity index (χ0) is 15.6. The Labute approximate surface area is 125 Å². The molecule has 1 amide bonds. The summed E-state index contributed by atoms with van der Waals surface area (Å²) in [4.78, 5) is 29.1. The number of aromatic carboxylic acids is 1. The SMILES string of the molecule is CN(C(=O)c1cc(C(=O)O)ccn1)C1CCC(C)(C)CC1. The molecular weight excluding hydrogens is 268 g/mol. The van der Waals surface area contributed by atoms with Gasteiger partial charge in [-0.2, -0.15) is 0 Å². The molecule has 2 rings (SSSR count). The number of carbonyl (C=O) groups excluding carboxylic acids is 1. The Bertz CT molecular complexity index is 544. The van der Waals surface area contributed by atoms with Crippen LogP contribution in [0.25, 0.3) is 0 Å². The summed E-state index contributed by atoms with van der Waals surface area (Å²) in [5, 5.41) is 8.98. The number of hydrogen-bond donors (Lipinski definition) is 1. The number of nitrogens with zero attached hydrogens (tertiary/aromatic N) is 2. The van der Waals surface area contributed by atoms with Crippen LogP contribution in [0.1, 0.15) is 60.4 Å².